The first-order valence-electron chi connectivity index (χ1n) is 17.2. The summed E-state index contributed by atoms with van der Waals surface area (Å²) in [7, 11) is 4.94. The van der Waals surface area contributed by atoms with Gasteiger partial charge in [0.05, 0.1) is 36.4 Å². The Morgan fingerprint density at radius 2 is 1.81 bits per heavy atom. The molecule has 11 heteroatoms. The van der Waals surface area contributed by atoms with Crippen LogP contribution in [-0.4, -0.2) is 110 Å². The van der Waals surface area contributed by atoms with Crippen LogP contribution in [-0.2, 0) is 28.5 Å². The number of benzene rings is 1. The summed E-state index contributed by atoms with van der Waals surface area (Å²) in [4.78, 5) is 29.2. The van der Waals surface area contributed by atoms with Crippen LogP contribution in [0.25, 0.3) is 0 Å². The van der Waals surface area contributed by atoms with E-state index >= 15 is 0 Å². The van der Waals surface area contributed by atoms with Gasteiger partial charge in [0.25, 0.3) is 0 Å². The molecular weight excluding hydrogens is 604 g/mol. The number of likely N-dealkylation sites (tertiary alicyclic amines) is 1. The fraction of sp³-hybridized carbons (Fsp3) is 0.778. The molecule has 0 amide bonds. The Hall–Kier alpha value is -2.28. The second-order valence-electron chi connectivity index (χ2n) is 15.5. The van der Waals surface area contributed by atoms with E-state index in [9.17, 15) is 19.8 Å². The maximum Gasteiger partial charge on any atom is 0.340 e. The third-order valence-electron chi connectivity index (χ3n) is 13.2. The van der Waals surface area contributed by atoms with E-state index in [1.54, 1.807) is 66.4 Å². The number of fused-ring (bicyclic) bond motifs is 1. The number of para-hydroxylation sites is 1. The number of carbonyl (C=O) groups excluding carboxylic acids is 2. The van der Waals surface area contributed by atoms with Crippen molar-refractivity contribution in [1.82, 2.24) is 4.90 Å². The van der Waals surface area contributed by atoms with Crippen molar-refractivity contribution in [3.63, 3.8) is 0 Å². The standard InChI is InChI=1S/C36H54N2O9/c1-8-38-17-34(19-46-32(40)21-11-9-10-12-24(21)37)14-13-26(44-6)35(18-38)23-15-22-25(43-5)16-36(42,33(4,41)30(45-7)29(34)35)27(23)28(22)47-31(39)20(2)3/h9-12,20,22-23,25-30,41-42H,8,13-19,37H2,1-7H3. The molecular formula is C36H54N2O9. The van der Waals surface area contributed by atoms with Crippen LogP contribution in [0, 0.1) is 40.4 Å². The normalized spacial score (nSPS) is 44.0. The van der Waals surface area contributed by atoms with Gasteiger partial charge in [-0.15, -0.1) is 0 Å². The van der Waals surface area contributed by atoms with Crippen molar-refractivity contribution < 1.29 is 43.5 Å². The smallest absolute Gasteiger partial charge is 0.340 e. The van der Waals surface area contributed by atoms with Crippen molar-refractivity contribution in [2.45, 2.75) is 89.0 Å². The zero-order valence-corrected chi connectivity index (χ0v) is 28.9. The number of rotatable bonds is 9. The maximum atomic E-state index is 13.5. The molecule has 1 aliphatic heterocycles. The number of nitrogens with two attached hydrogens (primary N) is 1. The van der Waals surface area contributed by atoms with E-state index in [2.05, 4.69) is 11.8 Å². The Kier molecular flexibility index (Phi) is 9.01. The van der Waals surface area contributed by atoms with Crippen LogP contribution >= 0.6 is 0 Å². The first-order chi connectivity index (χ1) is 22.3. The third-order valence-corrected chi connectivity index (χ3v) is 13.2. The number of nitrogen functional groups attached to an aromatic ring is 1. The minimum atomic E-state index is -1.80. The van der Waals surface area contributed by atoms with Crippen LogP contribution in [0.1, 0.15) is 63.7 Å². The van der Waals surface area contributed by atoms with Crippen molar-refractivity contribution >= 4 is 17.6 Å². The molecule has 4 saturated carbocycles. The van der Waals surface area contributed by atoms with E-state index in [4.69, 9.17) is 29.4 Å². The van der Waals surface area contributed by atoms with Gasteiger partial charge in [0.1, 0.15) is 17.3 Å². The van der Waals surface area contributed by atoms with Gasteiger partial charge in [0.2, 0.25) is 0 Å². The molecule has 4 N–H and O–H groups in total. The molecule has 5 aliphatic rings. The molecule has 1 saturated heterocycles. The fourth-order valence-corrected chi connectivity index (χ4v) is 11.2. The molecule has 4 aliphatic carbocycles. The molecule has 12 unspecified atom stereocenters. The van der Waals surface area contributed by atoms with Crippen LogP contribution in [0.2, 0.25) is 0 Å². The highest BCUT2D eigenvalue weighted by molar-refractivity contribution is 5.95. The Labute approximate surface area is 278 Å². The number of methoxy groups -OCH3 is 3. The SMILES string of the molecule is CCN1CC2(COC(=O)c3ccccc3N)CCC(OC)C3(C1)C1CC4C(OC)CC(O)(C1C4OC(=O)C(C)C)C(C)(O)C(OC)C23. The summed E-state index contributed by atoms with van der Waals surface area (Å²) in [5.74, 6) is -2.58. The number of carbonyl (C=O) groups is 2. The summed E-state index contributed by atoms with van der Waals surface area (Å²) >= 11 is 0. The lowest BCUT2D eigenvalue weighted by atomic mass is 9.45. The van der Waals surface area contributed by atoms with E-state index < -0.39 is 52.2 Å². The molecule has 0 radical (unpaired) electrons. The molecule has 5 fully saturated rings. The van der Waals surface area contributed by atoms with E-state index in [-0.39, 0.29) is 48.8 Å². The van der Waals surface area contributed by atoms with Gasteiger partial charge in [-0.3, -0.25) is 4.79 Å². The third kappa shape index (κ3) is 4.89. The van der Waals surface area contributed by atoms with Crippen molar-refractivity contribution in [3.05, 3.63) is 29.8 Å². The summed E-state index contributed by atoms with van der Waals surface area (Å²) in [6.45, 7) is 9.47. The molecule has 4 bridgehead atoms. The summed E-state index contributed by atoms with van der Waals surface area (Å²) in [6.07, 6.45) is -0.0768. The average Bonchev–Trinajstić information content (AvgIpc) is 3.33. The summed E-state index contributed by atoms with van der Waals surface area (Å²) in [5, 5.41) is 26.0. The number of aliphatic hydroxyl groups is 2. The van der Waals surface area contributed by atoms with Gasteiger partial charge in [0.15, 0.2) is 0 Å². The van der Waals surface area contributed by atoms with E-state index in [1.165, 1.54) is 0 Å². The number of anilines is 1. The predicted molar refractivity (Wildman–Crippen MR) is 173 cm³/mol. The molecule has 11 nitrogen and oxygen atoms in total. The monoisotopic (exact) mass is 658 g/mol. The Bertz CT molecular complexity index is 1360. The minimum absolute atomic E-state index is 0.0845. The molecule has 6 rings (SSSR count). The molecule has 1 aromatic carbocycles. The first kappa shape index (κ1) is 34.6. The first-order valence-corrected chi connectivity index (χ1v) is 17.2. The number of hydrogen-bond donors (Lipinski definition) is 3. The highest BCUT2D eigenvalue weighted by atomic mass is 16.6. The highest BCUT2D eigenvalue weighted by Crippen LogP contribution is 2.72. The number of ether oxygens (including phenoxy) is 5. The average molecular weight is 659 g/mol. The van der Waals surface area contributed by atoms with Crippen molar-refractivity contribution in [3.8, 4) is 0 Å². The number of nitrogens with zero attached hydrogens (tertiary/aromatic N) is 1. The van der Waals surface area contributed by atoms with Crippen LogP contribution in [0.15, 0.2) is 24.3 Å². The zero-order valence-electron chi connectivity index (χ0n) is 28.9. The second kappa shape index (κ2) is 12.2. The van der Waals surface area contributed by atoms with E-state index in [0.717, 1.165) is 6.54 Å². The van der Waals surface area contributed by atoms with E-state index in [0.29, 0.717) is 43.6 Å². The summed E-state index contributed by atoms with van der Waals surface area (Å²) in [6, 6.07) is 6.88. The minimum Gasteiger partial charge on any atom is -0.461 e. The maximum absolute atomic E-state index is 13.5. The van der Waals surface area contributed by atoms with Crippen molar-refractivity contribution in [2.24, 2.45) is 40.4 Å². The number of hydrogen-bond acceptors (Lipinski definition) is 11. The lowest BCUT2D eigenvalue weighted by Gasteiger charge is -2.67. The van der Waals surface area contributed by atoms with Crippen molar-refractivity contribution in [1.29, 1.82) is 0 Å². The van der Waals surface area contributed by atoms with Crippen LogP contribution in [0.5, 0.6) is 0 Å². The topological polar surface area (TPSA) is 150 Å². The number of esters is 2. The molecule has 1 aromatic rings. The summed E-state index contributed by atoms with van der Waals surface area (Å²) < 4.78 is 31.4. The number of piperidine rings is 1. The Morgan fingerprint density at radius 3 is 2.43 bits per heavy atom. The van der Waals surface area contributed by atoms with Crippen LogP contribution in [0.4, 0.5) is 5.69 Å². The molecule has 12 atom stereocenters. The quantitative estimate of drug-likeness (QED) is 0.266. The zero-order chi connectivity index (χ0) is 34.1. The van der Waals surface area contributed by atoms with Gasteiger partial charge >= 0.3 is 11.9 Å². The van der Waals surface area contributed by atoms with Gasteiger partial charge in [-0.2, -0.15) is 0 Å². The summed E-state index contributed by atoms with van der Waals surface area (Å²) in [5.41, 5.74) is 1.99. The molecule has 0 aromatic heterocycles. The molecule has 262 valence electrons. The second-order valence-corrected chi connectivity index (χ2v) is 15.5. The highest BCUT2D eigenvalue weighted by Gasteiger charge is 2.80. The Balaban J connectivity index is 1.54. The molecule has 0 spiro atoms. The van der Waals surface area contributed by atoms with Gasteiger partial charge in [-0.05, 0) is 50.8 Å². The Morgan fingerprint density at radius 1 is 1.09 bits per heavy atom. The predicted octanol–water partition coefficient (Wildman–Crippen LogP) is 2.91. The lowest BCUT2D eigenvalue weighted by Crippen LogP contribution is -2.74. The lowest BCUT2D eigenvalue weighted by molar-refractivity contribution is -0.283. The van der Waals surface area contributed by atoms with Gasteiger partial charge in [0, 0.05) is 75.1 Å². The van der Waals surface area contributed by atoms with Crippen LogP contribution < -0.4 is 5.73 Å². The largest absolute Gasteiger partial charge is 0.461 e. The molecule has 1 heterocycles. The fourth-order valence-electron chi connectivity index (χ4n) is 11.2. The molecule has 47 heavy (non-hydrogen) atoms. The van der Waals surface area contributed by atoms with E-state index in [1.807, 2.05) is 0 Å². The van der Waals surface area contributed by atoms with Gasteiger partial charge < -0.3 is 44.5 Å². The van der Waals surface area contributed by atoms with Gasteiger partial charge in [-0.1, -0.05) is 32.9 Å². The van der Waals surface area contributed by atoms with Crippen molar-refractivity contribution in [2.75, 3.05) is 53.3 Å². The van der Waals surface area contributed by atoms with Gasteiger partial charge in [-0.25, -0.2) is 4.79 Å². The van der Waals surface area contributed by atoms with Crippen LogP contribution in [0.3, 0.4) is 0 Å².